The maximum Gasteiger partial charge on any atom is 0.236 e. The fourth-order valence-corrected chi connectivity index (χ4v) is 4.05. The van der Waals surface area contributed by atoms with Gasteiger partial charge in [-0.3, -0.25) is 4.79 Å². The van der Waals surface area contributed by atoms with Crippen molar-refractivity contribution in [3.05, 3.63) is 62.9 Å². The molecule has 26 heavy (non-hydrogen) atoms. The van der Waals surface area contributed by atoms with Crippen molar-refractivity contribution in [1.29, 1.82) is 0 Å². The number of carbonyl (C=O) groups excluding carboxylic acids is 1. The molecule has 2 aromatic carbocycles. The van der Waals surface area contributed by atoms with E-state index in [0.717, 1.165) is 25.8 Å². The number of amides is 1. The van der Waals surface area contributed by atoms with E-state index in [-0.39, 0.29) is 5.91 Å². The molecule has 0 saturated heterocycles. The zero-order chi connectivity index (χ0) is 18.5. The first-order chi connectivity index (χ1) is 12.5. The van der Waals surface area contributed by atoms with E-state index in [2.05, 4.69) is 47.3 Å². The van der Waals surface area contributed by atoms with Gasteiger partial charge in [0, 0.05) is 14.5 Å². The van der Waals surface area contributed by atoms with Crippen LogP contribution in [-0.4, -0.2) is 21.8 Å². The summed E-state index contributed by atoms with van der Waals surface area (Å²) in [6.07, 6.45) is 0. The number of aromatic nitrogens is 2. The molecule has 0 saturated carbocycles. The minimum atomic E-state index is -0.0864. The quantitative estimate of drug-likeness (QED) is 0.492. The Morgan fingerprint density at radius 2 is 2.04 bits per heavy atom. The molecule has 1 N–H and O–H groups in total. The Balaban J connectivity index is 1.52. The summed E-state index contributed by atoms with van der Waals surface area (Å²) in [4.78, 5) is 16.5. The average Bonchev–Trinajstić information content (AvgIpc) is 3.06. The Kier molecular flexibility index (Phi) is 6.50. The zero-order valence-corrected chi connectivity index (χ0v) is 17.8. The molecule has 0 aliphatic rings. The molecule has 0 atom stereocenters. The lowest BCUT2D eigenvalue weighted by Crippen LogP contribution is -2.14. The number of nitrogens with zero attached hydrogens (tertiary/aromatic N) is 2. The van der Waals surface area contributed by atoms with Gasteiger partial charge in [-0.2, -0.15) is 4.98 Å². The molecule has 0 unspecified atom stereocenters. The highest BCUT2D eigenvalue weighted by Crippen LogP contribution is 2.26. The van der Waals surface area contributed by atoms with Gasteiger partial charge in [-0.25, -0.2) is 0 Å². The second-order valence-electron chi connectivity index (χ2n) is 5.49. The molecule has 134 valence electrons. The van der Waals surface area contributed by atoms with Gasteiger partial charge in [0.05, 0.1) is 17.2 Å². The Bertz CT molecular complexity index is 930. The summed E-state index contributed by atoms with van der Waals surface area (Å²) in [5.74, 6) is 1.77. The van der Waals surface area contributed by atoms with Crippen molar-refractivity contribution < 1.29 is 9.32 Å². The van der Waals surface area contributed by atoms with Crippen LogP contribution in [0.5, 0.6) is 0 Å². The van der Waals surface area contributed by atoms with Crippen molar-refractivity contribution >= 4 is 55.2 Å². The molecule has 1 aromatic heterocycles. The van der Waals surface area contributed by atoms with E-state index >= 15 is 0 Å². The number of aryl methyl sites for hydroxylation is 1. The molecule has 1 heterocycles. The first kappa shape index (κ1) is 19.1. The maximum absolute atomic E-state index is 12.1. The average molecular weight is 497 g/mol. The molecule has 3 rings (SSSR count). The molecular weight excluding hydrogens is 482 g/mol. The van der Waals surface area contributed by atoms with Crippen LogP contribution in [0.3, 0.4) is 0 Å². The van der Waals surface area contributed by atoms with Crippen LogP contribution in [0.15, 0.2) is 55.9 Å². The first-order valence-electron chi connectivity index (χ1n) is 7.74. The van der Waals surface area contributed by atoms with Gasteiger partial charge in [0.25, 0.3) is 0 Å². The van der Waals surface area contributed by atoms with Crippen LogP contribution in [0.1, 0.15) is 11.5 Å². The minimum absolute atomic E-state index is 0.0864. The minimum Gasteiger partial charge on any atom is -0.338 e. The van der Waals surface area contributed by atoms with Gasteiger partial charge in [-0.1, -0.05) is 45.4 Å². The summed E-state index contributed by atoms with van der Waals surface area (Å²) >= 11 is 8.23. The molecule has 0 aliphatic carbocycles. The van der Waals surface area contributed by atoms with Crippen molar-refractivity contribution in [3.8, 4) is 11.4 Å². The summed E-state index contributed by atoms with van der Waals surface area (Å²) < 4.78 is 7.05. The van der Waals surface area contributed by atoms with Crippen molar-refractivity contribution in [2.24, 2.45) is 0 Å². The lowest BCUT2D eigenvalue weighted by molar-refractivity contribution is -0.113. The van der Waals surface area contributed by atoms with E-state index in [1.54, 1.807) is 0 Å². The van der Waals surface area contributed by atoms with Gasteiger partial charge < -0.3 is 9.84 Å². The highest BCUT2D eigenvalue weighted by Gasteiger charge is 2.12. The van der Waals surface area contributed by atoms with E-state index in [4.69, 9.17) is 4.52 Å². The summed E-state index contributed by atoms with van der Waals surface area (Å²) in [6.45, 7) is 2.00. The zero-order valence-electron chi connectivity index (χ0n) is 13.8. The van der Waals surface area contributed by atoms with Gasteiger partial charge >= 0.3 is 0 Å². The van der Waals surface area contributed by atoms with Gasteiger partial charge in [-0.05, 0) is 46.6 Å². The third-order valence-corrected chi connectivity index (χ3v) is 5.58. The van der Waals surface area contributed by atoms with Crippen LogP contribution in [0.2, 0.25) is 0 Å². The van der Waals surface area contributed by atoms with E-state index in [9.17, 15) is 4.79 Å². The summed E-state index contributed by atoms with van der Waals surface area (Å²) in [7, 11) is 0. The lowest BCUT2D eigenvalue weighted by atomic mass is 10.1. The summed E-state index contributed by atoms with van der Waals surface area (Å²) in [6, 6.07) is 13.5. The number of thioether (sulfide) groups is 1. The second kappa shape index (κ2) is 8.83. The summed E-state index contributed by atoms with van der Waals surface area (Å²) in [5, 5.41) is 6.89. The van der Waals surface area contributed by atoms with E-state index < -0.39 is 0 Å². The number of hydrogen-bond donors (Lipinski definition) is 1. The highest BCUT2D eigenvalue weighted by atomic mass is 79.9. The number of nitrogens with one attached hydrogen (secondary N) is 1. The summed E-state index contributed by atoms with van der Waals surface area (Å²) in [5.41, 5.74) is 2.77. The number of halogens is 2. The van der Waals surface area contributed by atoms with Crippen molar-refractivity contribution in [3.63, 3.8) is 0 Å². The van der Waals surface area contributed by atoms with E-state index in [0.29, 0.717) is 23.2 Å². The van der Waals surface area contributed by atoms with Crippen LogP contribution >= 0.6 is 43.6 Å². The third kappa shape index (κ3) is 4.96. The predicted octanol–water partition coefficient (Wildman–Crippen LogP) is 5.44. The maximum atomic E-state index is 12.1. The molecule has 0 fully saturated rings. The fourth-order valence-electron chi connectivity index (χ4n) is 2.25. The molecule has 1 amide bonds. The molecule has 8 heteroatoms. The normalized spacial score (nSPS) is 10.7. The van der Waals surface area contributed by atoms with Crippen LogP contribution in [0.4, 0.5) is 5.69 Å². The Morgan fingerprint density at radius 3 is 2.81 bits per heavy atom. The van der Waals surface area contributed by atoms with Gasteiger partial charge in [0.2, 0.25) is 17.6 Å². The number of rotatable bonds is 6. The molecule has 0 radical (unpaired) electrons. The fraction of sp³-hybridized carbons (Fsp3) is 0.167. The van der Waals surface area contributed by atoms with Crippen LogP contribution in [0, 0.1) is 6.92 Å². The number of benzene rings is 2. The molecule has 3 aromatic rings. The Morgan fingerprint density at radius 1 is 1.23 bits per heavy atom. The lowest BCUT2D eigenvalue weighted by Gasteiger charge is -2.07. The standard InChI is InChI=1S/C18H15Br2N3O2S/c1-11-4-2-3-5-13(11)18-22-17(25-23-18)10-26-9-16(24)21-15-7-6-12(19)8-14(15)20/h2-8H,9-10H2,1H3,(H,21,24). The van der Waals surface area contributed by atoms with Crippen molar-refractivity contribution in [2.75, 3.05) is 11.1 Å². The molecule has 0 aliphatic heterocycles. The molecule has 5 nitrogen and oxygen atoms in total. The van der Waals surface area contributed by atoms with E-state index in [1.165, 1.54) is 11.8 Å². The Labute approximate surface area is 172 Å². The van der Waals surface area contributed by atoms with E-state index in [1.807, 2.05) is 49.4 Å². The SMILES string of the molecule is Cc1ccccc1-c1noc(CSCC(=O)Nc2ccc(Br)cc2Br)n1. The number of anilines is 1. The van der Waals surface area contributed by atoms with Crippen molar-refractivity contribution in [1.82, 2.24) is 10.1 Å². The monoisotopic (exact) mass is 495 g/mol. The first-order valence-corrected chi connectivity index (χ1v) is 10.5. The van der Waals surface area contributed by atoms with Gasteiger partial charge in [0.1, 0.15) is 0 Å². The largest absolute Gasteiger partial charge is 0.338 e. The number of carbonyl (C=O) groups is 1. The third-order valence-electron chi connectivity index (χ3n) is 3.52. The van der Waals surface area contributed by atoms with Crippen LogP contribution in [-0.2, 0) is 10.5 Å². The number of hydrogen-bond acceptors (Lipinski definition) is 5. The Hall–Kier alpha value is -1.64. The predicted molar refractivity (Wildman–Crippen MR) is 111 cm³/mol. The highest BCUT2D eigenvalue weighted by molar-refractivity contribution is 9.11. The molecule has 0 spiro atoms. The van der Waals surface area contributed by atoms with Crippen LogP contribution in [0.25, 0.3) is 11.4 Å². The second-order valence-corrected chi connectivity index (χ2v) is 8.25. The van der Waals surface area contributed by atoms with Gasteiger partial charge in [0.15, 0.2) is 0 Å². The molecular formula is C18H15Br2N3O2S. The molecule has 0 bridgehead atoms. The smallest absolute Gasteiger partial charge is 0.236 e. The van der Waals surface area contributed by atoms with Crippen molar-refractivity contribution in [2.45, 2.75) is 12.7 Å². The van der Waals surface area contributed by atoms with Gasteiger partial charge in [-0.15, -0.1) is 11.8 Å². The topological polar surface area (TPSA) is 68.0 Å². The van der Waals surface area contributed by atoms with Crippen LogP contribution < -0.4 is 5.32 Å².